The number of carbonyl (C=O) groups is 2. The van der Waals surface area contributed by atoms with Crippen LogP contribution in [0.15, 0.2) is 46.9 Å². The Labute approximate surface area is 185 Å². The van der Waals surface area contributed by atoms with Gasteiger partial charge in [0.2, 0.25) is 5.91 Å². The first kappa shape index (κ1) is 21.8. The predicted molar refractivity (Wildman–Crippen MR) is 121 cm³/mol. The average Bonchev–Trinajstić information content (AvgIpc) is 2.95. The van der Waals surface area contributed by atoms with E-state index in [0.29, 0.717) is 30.2 Å². The van der Waals surface area contributed by atoms with E-state index in [9.17, 15) is 9.59 Å². The maximum absolute atomic E-state index is 12.8. The molecule has 1 aliphatic heterocycles. The molecular weight excluding hydrogens is 454 g/mol. The highest BCUT2D eigenvalue weighted by Gasteiger charge is 2.27. The van der Waals surface area contributed by atoms with Gasteiger partial charge in [0.05, 0.1) is 22.3 Å². The number of nitrogens with zero attached hydrogens (tertiary/aromatic N) is 2. The number of hydrogen-bond donors (Lipinski definition) is 1. The van der Waals surface area contributed by atoms with Gasteiger partial charge in [0.25, 0.3) is 5.91 Å². The van der Waals surface area contributed by atoms with Crippen molar-refractivity contribution < 1.29 is 9.59 Å². The lowest BCUT2D eigenvalue weighted by molar-refractivity contribution is -0.120. The summed E-state index contributed by atoms with van der Waals surface area (Å²) in [6.07, 6.45) is 0.808. The highest BCUT2D eigenvalue weighted by molar-refractivity contribution is 9.10. The molecular formula is C22H25BrClN3O2. The van der Waals surface area contributed by atoms with Crippen molar-refractivity contribution in [3.8, 4) is 0 Å². The summed E-state index contributed by atoms with van der Waals surface area (Å²) >= 11 is 9.69. The molecule has 1 heterocycles. The van der Waals surface area contributed by atoms with Crippen molar-refractivity contribution >= 4 is 45.0 Å². The highest BCUT2D eigenvalue weighted by Crippen LogP contribution is 2.24. The van der Waals surface area contributed by atoms with E-state index in [1.54, 1.807) is 12.1 Å². The van der Waals surface area contributed by atoms with Gasteiger partial charge in [0.15, 0.2) is 0 Å². The summed E-state index contributed by atoms with van der Waals surface area (Å²) in [5, 5.41) is 3.46. The van der Waals surface area contributed by atoms with E-state index in [-0.39, 0.29) is 17.9 Å². The molecule has 1 unspecified atom stereocenters. The molecule has 0 radical (unpaired) electrons. The number of halogens is 2. The van der Waals surface area contributed by atoms with Crippen LogP contribution in [0, 0.1) is 6.92 Å². The third-order valence-corrected chi connectivity index (χ3v) is 6.22. The fourth-order valence-electron chi connectivity index (χ4n) is 3.46. The number of anilines is 1. The van der Waals surface area contributed by atoms with E-state index in [4.69, 9.17) is 11.6 Å². The van der Waals surface area contributed by atoms with E-state index in [2.05, 4.69) is 26.1 Å². The highest BCUT2D eigenvalue weighted by atomic mass is 79.9. The molecule has 1 aliphatic rings. The normalized spacial score (nSPS) is 16.2. The molecule has 2 aromatic rings. The number of hydrogen-bond acceptors (Lipinski definition) is 3. The Kier molecular flexibility index (Phi) is 7.33. The Morgan fingerprint density at radius 1 is 1.10 bits per heavy atom. The van der Waals surface area contributed by atoms with Crippen LogP contribution in [0.5, 0.6) is 0 Å². The van der Waals surface area contributed by atoms with Crippen molar-refractivity contribution in [1.82, 2.24) is 9.80 Å². The second kappa shape index (κ2) is 9.74. The number of rotatable bonds is 4. The first-order valence-electron chi connectivity index (χ1n) is 9.71. The Morgan fingerprint density at radius 3 is 2.59 bits per heavy atom. The van der Waals surface area contributed by atoms with Crippen molar-refractivity contribution in [3.63, 3.8) is 0 Å². The van der Waals surface area contributed by atoms with E-state index in [0.717, 1.165) is 28.7 Å². The fraction of sp³-hybridized carbons (Fsp3) is 0.364. The zero-order valence-electron chi connectivity index (χ0n) is 16.6. The molecule has 7 heteroatoms. The summed E-state index contributed by atoms with van der Waals surface area (Å²) in [5.74, 6) is -0.112. The molecule has 0 spiro atoms. The Morgan fingerprint density at radius 2 is 1.86 bits per heavy atom. The second-order valence-corrected chi connectivity index (χ2v) is 8.57. The third kappa shape index (κ3) is 5.38. The van der Waals surface area contributed by atoms with Gasteiger partial charge < -0.3 is 10.2 Å². The molecule has 0 saturated carbocycles. The molecule has 2 amide bonds. The molecule has 0 aliphatic carbocycles. The first-order valence-corrected chi connectivity index (χ1v) is 10.9. The summed E-state index contributed by atoms with van der Waals surface area (Å²) in [7, 11) is 0. The summed E-state index contributed by atoms with van der Waals surface area (Å²) in [5.41, 5.74) is 2.41. The summed E-state index contributed by atoms with van der Waals surface area (Å²) in [6.45, 7) is 6.53. The molecule has 1 fully saturated rings. The third-order valence-electron chi connectivity index (χ3n) is 5.23. The number of benzene rings is 2. The number of carbonyl (C=O) groups excluding carboxylic acids is 2. The van der Waals surface area contributed by atoms with Gasteiger partial charge in [-0.25, -0.2) is 0 Å². The largest absolute Gasteiger partial charge is 0.337 e. The van der Waals surface area contributed by atoms with Crippen LogP contribution in [0.3, 0.4) is 0 Å². The van der Waals surface area contributed by atoms with E-state index in [1.165, 1.54) is 0 Å². The minimum atomic E-state index is -0.293. The summed E-state index contributed by atoms with van der Waals surface area (Å²) < 4.78 is 0.866. The van der Waals surface area contributed by atoms with Crippen LogP contribution in [0.4, 0.5) is 5.69 Å². The minimum Gasteiger partial charge on any atom is -0.337 e. The zero-order valence-corrected chi connectivity index (χ0v) is 19.0. The predicted octanol–water partition coefficient (Wildman–Crippen LogP) is 4.59. The fourth-order valence-corrected chi connectivity index (χ4v) is 4.27. The van der Waals surface area contributed by atoms with Crippen LogP contribution in [-0.2, 0) is 4.79 Å². The molecule has 29 heavy (non-hydrogen) atoms. The lowest BCUT2D eigenvalue weighted by Crippen LogP contribution is -2.44. The molecule has 154 valence electrons. The van der Waals surface area contributed by atoms with Crippen molar-refractivity contribution in [3.05, 3.63) is 63.1 Å². The number of nitrogens with one attached hydrogen (secondary N) is 1. The van der Waals surface area contributed by atoms with Gasteiger partial charge in [0, 0.05) is 30.7 Å². The van der Waals surface area contributed by atoms with Gasteiger partial charge in [-0.15, -0.1) is 0 Å². The van der Waals surface area contributed by atoms with Crippen LogP contribution >= 0.6 is 27.5 Å². The van der Waals surface area contributed by atoms with Crippen molar-refractivity contribution in [2.24, 2.45) is 0 Å². The quantitative estimate of drug-likeness (QED) is 0.699. The molecule has 5 nitrogen and oxygen atoms in total. The van der Waals surface area contributed by atoms with Gasteiger partial charge in [-0.3, -0.25) is 14.5 Å². The average molecular weight is 479 g/mol. The second-order valence-electron chi connectivity index (χ2n) is 7.31. The number of amides is 2. The van der Waals surface area contributed by atoms with Gasteiger partial charge in [-0.1, -0.05) is 29.8 Å². The molecule has 3 rings (SSSR count). The Hall–Kier alpha value is -1.89. The van der Waals surface area contributed by atoms with Crippen molar-refractivity contribution in [2.45, 2.75) is 26.3 Å². The SMILES string of the molecule is Cc1ccc(NC(=O)C(C)N2CCCN(C(=O)c3ccccc3Cl)CC2)c(Br)c1. The first-order chi connectivity index (χ1) is 13.9. The van der Waals surface area contributed by atoms with Gasteiger partial charge >= 0.3 is 0 Å². The topological polar surface area (TPSA) is 52.7 Å². The molecule has 2 aromatic carbocycles. The van der Waals surface area contributed by atoms with Gasteiger partial charge in [0.1, 0.15) is 0 Å². The van der Waals surface area contributed by atoms with Crippen molar-refractivity contribution in [1.29, 1.82) is 0 Å². The van der Waals surface area contributed by atoms with Crippen LogP contribution < -0.4 is 5.32 Å². The molecule has 1 atom stereocenters. The molecule has 1 N–H and O–H groups in total. The molecule has 0 aromatic heterocycles. The number of aryl methyl sites for hydroxylation is 1. The van der Waals surface area contributed by atoms with Crippen LogP contribution in [0.25, 0.3) is 0 Å². The Balaban J connectivity index is 1.61. The van der Waals surface area contributed by atoms with E-state index >= 15 is 0 Å². The van der Waals surface area contributed by atoms with Crippen molar-refractivity contribution in [2.75, 3.05) is 31.5 Å². The van der Waals surface area contributed by atoms with Crippen LogP contribution in [-0.4, -0.2) is 53.8 Å². The zero-order chi connectivity index (χ0) is 21.0. The molecule has 0 bridgehead atoms. The standard InChI is InChI=1S/C22H25BrClN3O2/c1-15-8-9-20(18(23)14-15)25-21(28)16(2)26-10-5-11-27(13-12-26)22(29)17-6-3-4-7-19(17)24/h3-4,6-9,14,16H,5,10-13H2,1-2H3,(H,25,28). The minimum absolute atomic E-state index is 0.0552. The Bertz CT molecular complexity index is 905. The van der Waals surface area contributed by atoms with Gasteiger partial charge in [-0.2, -0.15) is 0 Å². The maximum atomic E-state index is 12.8. The van der Waals surface area contributed by atoms with Gasteiger partial charge in [-0.05, 0) is 66.0 Å². The lowest BCUT2D eigenvalue weighted by atomic mass is 10.2. The maximum Gasteiger partial charge on any atom is 0.255 e. The summed E-state index contributed by atoms with van der Waals surface area (Å²) in [6, 6.07) is 12.7. The smallest absolute Gasteiger partial charge is 0.255 e. The monoisotopic (exact) mass is 477 g/mol. The summed E-state index contributed by atoms with van der Waals surface area (Å²) in [4.78, 5) is 29.5. The van der Waals surface area contributed by atoms with E-state index in [1.807, 2.05) is 49.1 Å². The van der Waals surface area contributed by atoms with E-state index < -0.39 is 0 Å². The lowest BCUT2D eigenvalue weighted by Gasteiger charge is -2.27. The van der Waals surface area contributed by atoms with Crippen LogP contribution in [0.1, 0.15) is 29.3 Å². The van der Waals surface area contributed by atoms with Crippen LogP contribution in [0.2, 0.25) is 5.02 Å². The molecule has 1 saturated heterocycles.